The summed E-state index contributed by atoms with van der Waals surface area (Å²) in [6, 6.07) is 10.5. The molecular weight excluding hydrogens is 318 g/mol. The molecule has 2 unspecified atom stereocenters. The molecule has 1 heterocycles. The first-order chi connectivity index (χ1) is 9.72. The van der Waals surface area contributed by atoms with Gasteiger partial charge in [0.2, 0.25) is 0 Å². The Bertz CT molecular complexity index is 424. The third-order valence-corrected chi connectivity index (χ3v) is 4.63. The Hall–Kier alpha value is -0.870. The van der Waals surface area contributed by atoms with E-state index in [0.29, 0.717) is 0 Å². The zero-order valence-electron chi connectivity index (χ0n) is 11.7. The van der Waals surface area contributed by atoms with Gasteiger partial charge in [-0.2, -0.15) is 0 Å². The molecule has 0 aliphatic carbocycles. The number of hydrogen-bond acceptors (Lipinski definition) is 2. The molecule has 4 heteroatoms. The number of halogens is 1. The van der Waals surface area contributed by atoms with Gasteiger partial charge in [-0.1, -0.05) is 46.3 Å². The van der Waals surface area contributed by atoms with E-state index in [1.807, 2.05) is 18.2 Å². The maximum absolute atomic E-state index is 11.5. The SMILES string of the molecule is O=C(O)C1CCCN(Cc2ccccc2)C1CCCBr. The van der Waals surface area contributed by atoms with E-state index in [9.17, 15) is 9.90 Å². The number of alkyl halides is 1. The van der Waals surface area contributed by atoms with Crippen LogP contribution in [0.15, 0.2) is 30.3 Å². The molecule has 20 heavy (non-hydrogen) atoms. The topological polar surface area (TPSA) is 40.5 Å². The van der Waals surface area contributed by atoms with Gasteiger partial charge in [0.15, 0.2) is 0 Å². The van der Waals surface area contributed by atoms with Crippen LogP contribution in [0.3, 0.4) is 0 Å². The van der Waals surface area contributed by atoms with Crippen molar-refractivity contribution in [3.63, 3.8) is 0 Å². The van der Waals surface area contributed by atoms with Crippen LogP contribution in [0, 0.1) is 5.92 Å². The molecule has 0 bridgehead atoms. The van der Waals surface area contributed by atoms with E-state index in [1.165, 1.54) is 5.56 Å². The second kappa shape index (κ2) is 7.79. The van der Waals surface area contributed by atoms with E-state index in [0.717, 1.165) is 44.1 Å². The Labute approximate surface area is 129 Å². The molecule has 0 radical (unpaired) electrons. The fourth-order valence-corrected chi connectivity index (χ4v) is 3.42. The lowest BCUT2D eigenvalue weighted by Gasteiger charge is -2.39. The van der Waals surface area contributed by atoms with Gasteiger partial charge in [-0.05, 0) is 37.8 Å². The Morgan fingerprint density at radius 3 is 2.75 bits per heavy atom. The van der Waals surface area contributed by atoms with Gasteiger partial charge < -0.3 is 5.11 Å². The Morgan fingerprint density at radius 1 is 1.35 bits per heavy atom. The molecular formula is C16H22BrNO2. The van der Waals surface area contributed by atoms with Crippen LogP contribution in [0.5, 0.6) is 0 Å². The van der Waals surface area contributed by atoms with Crippen molar-refractivity contribution in [2.75, 3.05) is 11.9 Å². The lowest BCUT2D eigenvalue weighted by Crippen LogP contribution is -2.47. The highest BCUT2D eigenvalue weighted by Crippen LogP contribution is 2.28. The maximum Gasteiger partial charge on any atom is 0.308 e. The number of hydrogen-bond donors (Lipinski definition) is 1. The molecule has 1 N–H and O–H groups in total. The van der Waals surface area contributed by atoms with Crippen LogP contribution in [-0.2, 0) is 11.3 Å². The van der Waals surface area contributed by atoms with Crippen LogP contribution >= 0.6 is 15.9 Å². The molecule has 0 aromatic heterocycles. The van der Waals surface area contributed by atoms with Gasteiger partial charge in [0, 0.05) is 17.9 Å². The highest BCUT2D eigenvalue weighted by Gasteiger charge is 2.35. The molecule has 0 saturated carbocycles. The van der Waals surface area contributed by atoms with Crippen LogP contribution in [0.25, 0.3) is 0 Å². The van der Waals surface area contributed by atoms with E-state index in [1.54, 1.807) is 0 Å². The Morgan fingerprint density at radius 2 is 2.10 bits per heavy atom. The number of rotatable bonds is 6. The largest absolute Gasteiger partial charge is 0.481 e. The minimum absolute atomic E-state index is 0.166. The van der Waals surface area contributed by atoms with Gasteiger partial charge in [0.05, 0.1) is 5.92 Å². The molecule has 1 fully saturated rings. The average molecular weight is 340 g/mol. The summed E-state index contributed by atoms with van der Waals surface area (Å²) >= 11 is 3.45. The molecule has 2 atom stereocenters. The second-order valence-electron chi connectivity index (χ2n) is 5.44. The number of aliphatic carboxylic acids is 1. The summed E-state index contributed by atoms with van der Waals surface area (Å²) in [6.45, 7) is 1.86. The third kappa shape index (κ3) is 4.06. The lowest BCUT2D eigenvalue weighted by atomic mass is 9.86. The van der Waals surface area contributed by atoms with Gasteiger partial charge in [0.25, 0.3) is 0 Å². The molecule has 1 aliphatic rings. The van der Waals surface area contributed by atoms with E-state index in [-0.39, 0.29) is 12.0 Å². The van der Waals surface area contributed by atoms with Gasteiger partial charge in [0.1, 0.15) is 0 Å². The van der Waals surface area contributed by atoms with Gasteiger partial charge >= 0.3 is 5.97 Å². The summed E-state index contributed by atoms with van der Waals surface area (Å²) in [6.07, 6.45) is 3.77. The summed E-state index contributed by atoms with van der Waals surface area (Å²) in [7, 11) is 0. The van der Waals surface area contributed by atoms with Gasteiger partial charge in [-0.3, -0.25) is 9.69 Å². The fraction of sp³-hybridized carbons (Fsp3) is 0.562. The summed E-state index contributed by atoms with van der Waals surface area (Å²) in [5, 5.41) is 10.4. The first-order valence-corrected chi connectivity index (χ1v) is 8.41. The number of benzene rings is 1. The number of carboxylic acid groups (broad SMARTS) is 1. The summed E-state index contributed by atoms with van der Waals surface area (Å²) in [5.74, 6) is -0.853. The van der Waals surface area contributed by atoms with Crippen LogP contribution in [-0.4, -0.2) is 33.9 Å². The summed E-state index contributed by atoms with van der Waals surface area (Å²) in [4.78, 5) is 13.8. The molecule has 1 saturated heterocycles. The van der Waals surface area contributed by atoms with Crippen molar-refractivity contribution < 1.29 is 9.90 Å². The Balaban J connectivity index is 2.08. The Kier molecular flexibility index (Phi) is 6.05. The third-order valence-electron chi connectivity index (χ3n) is 4.07. The van der Waals surface area contributed by atoms with Crippen molar-refractivity contribution in [1.82, 2.24) is 4.90 Å². The standard InChI is InChI=1S/C16H22BrNO2/c17-10-4-9-15-14(16(19)20)8-5-11-18(15)12-13-6-2-1-3-7-13/h1-3,6-7,14-15H,4-5,8-12H2,(H,19,20). The van der Waals surface area contributed by atoms with Crippen LogP contribution in [0.4, 0.5) is 0 Å². The number of nitrogens with zero attached hydrogens (tertiary/aromatic N) is 1. The van der Waals surface area contributed by atoms with Crippen molar-refractivity contribution in [2.45, 2.75) is 38.3 Å². The number of piperidine rings is 1. The first-order valence-electron chi connectivity index (χ1n) is 7.29. The monoisotopic (exact) mass is 339 g/mol. The number of carboxylic acids is 1. The predicted octanol–water partition coefficient (Wildman–Crippen LogP) is 3.53. The predicted molar refractivity (Wildman–Crippen MR) is 84.0 cm³/mol. The van der Waals surface area contributed by atoms with Crippen molar-refractivity contribution >= 4 is 21.9 Å². The van der Waals surface area contributed by atoms with E-state index < -0.39 is 5.97 Å². The molecule has 2 rings (SSSR count). The zero-order chi connectivity index (χ0) is 14.4. The summed E-state index contributed by atoms with van der Waals surface area (Å²) in [5.41, 5.74) is 1.27. The van der Waals surface area contributed by atoms with Gasteiger partial charge in [-0.25, -0.2) is 0 Å². The highest BCUT2D eigenvalue weighted by molar-refractivity contribution is 9.09. The fourth-order valence-electron chi connectivity index (χ4n) is 3.10. The minimum Gasteiger partial charge on any atom is -0.481 e. The van der Waals surface area contributed by atoms with Crippen LogP contribution < -0.4 is 0 Å². The maximum atomic E-state index is 11.5. The number of carbonyl (C=O) groups is 1. The van der Waals surface area contributed by atoms with Crippen LogP contribution in [0.1, 0.15) is 31.2 Å². The smallest absolute Gasteiger partial charge is 0.308 e. The van der Waals surface area contributed by atoms with Crippen molar-refractivity contribution in [3.05, 3.63) is 35.9 Å². The molecule has 3 nitrogen and oxygen atoms in total. The van der Waals surface area contributed by atoms with Gasteiger partial charge in [-0.15, -0.1) is 0 Å². The first kappa shape index (κ1) is 15.5. The average Bonchev–Trinajstić information content (AvgIpc) is 2.46. The molecule has 1 aromatic rings. The normalized spacial score (nSPS) is 23.6. The molecule has 0 amide bonds. The van der Waals surface area contributed by atoms with Crippen LogP contribution in [0.2, 0.25) is 0 Å². The van der Waals surface area contributed by atoms with Crippen molar-refractivity contribution in [1.29, 1.82) is 0 Å². The van der Waals surface area contributed by atoms with E-state index >= 15 is 0 Å². The molecule has 110 valence electrons. The quantitative estimate of drug-likeness (QED) is 0.806. The molecule has 0 spiro atoms. The van der Waals surface area contributed by atoms with E-state index in [4.69, 9.17) is 0 Å². The molecule has 1 aliphatic heterocycles. The highest BCUT2D eigenvalue weighted by atomic mass is 79.9. The molecule has 1 aromatic carbocycles. The minimum atomic E-state index is -0.637. The number of likely N-dealkylation sites (tertiary alicyclic amines) is 1. The van der Waals surface area contributed by atoms with Crippen molar-refractivity contribution in [3.8, 4) is 0 Å². The second-order valence-corrected chi connectivity index (χ2v) is 6.23. The van der Waals surface area contributed by atoms with Crippen molar-refractivity contribution in [2.24, 2.45) is 5.92 Å². The zero-order valence-corrected chi connectivity index (χ0v) is 13.3. The van der Waals surface area contributed by atoms with E-state index in [2.05, 4.69) is 33.0 Å². The summed E-state index contributed by atoms with van der Waals surface area (Å²) < 4.78 is 0. The lowest BCUT2D eigenvalue weighted by molar-refractivity contribution is -0.146.